The molecule has 9 heteroatoms. The fourth-order valence-electron chi connectivity index (χ4n) is 2.19. The van der Waals surface area contributed by atoms with Crippen molar-refractivity contribution in [2.24, 2.45) is 0 Å². The minimum Gasteiger partial charge on any atom is -0.358 e. The lowest BCUT2D eigenvalue weighted by Gasteiger charge is -2.17. The zero-order valence-electron chi connectivity index (χ0n) is 14.3. The highest BCUT2D eigenvalue weighted by Crippen LogP contribution is 2.36. The number of amides is 1. The summed E-state index contributed by atoms with van der Waals surface area (Å²) in [6, 6.07) is 3.13. The van der Waals surface area contributed by atoms with Gasteiger partial charge in [-0.05, 0) is 24.6 Å². The number of aromatic nitrogens is 2. The molecular weight excluding hydrogens is 369 g/mol. The minimum absolute atomic E-state index is 0.0745. The molecule has 140 valence electrons. The summed E-state index contributed by atoms with van der Waals surface area (Å²) in [5, 5.41) is 2.14. The summed E-state index contributed by atoms with van der Waals surface area (Å²) in [6.07, 6.45) is 0.0104. The van der Waals surface area contributed by atoms with E-state index in [1.165, 1.54) is 18.5 Å². The lowest BCUT2D eigenvalue weighted by Crippen LogP contribution is -2.21. The zero-order valence-corrected chi connectivity index (χ0v) is 15.0. The van der Waals surface area contributed by atoms with Crippen LogP contribution in [0.15, 0.2) is 30.6 Å². The van der Waals surface area contributed by atoms with Gasteiger partial charge in [0.2, 0.25) is 0 Å². The van der Waals surface area contributed by atoms with E-state index in [1.807, 2.05) is 11.9 Å². The third-order valence-corrected chi connectivity index (χ3v) is 3.88. The maximum atomic E-state index is 13.1. The van der Waals surface area contributed by atoms with Crippen LogP contribution in [0.1, 0.15) is 35.8 Å². The second-order valence-electron chi connectivity index (χ2n) is 5.68. The van der Waals surface area contributed by atoms with Gasteiger partial charge in [0.1, 0.15) is 11.5 Å². The normalized spacial score (nSPS) is 11.3. The molecule has 0 unspecified atom stereocenters. The molecule has 0 atom stereocenters. The van der Waals surface area contributed by atoms with Gasteiger partial charge in [-0.1, -0.05) is 24.9 Å². The summed E-state index contributed by atoms with van der Waals surface area (Å²) in [7, 11) is 1.85. The summed E-state index contributed by atoms with van der Waals surface area (Å²) in [5.41, 5.74) is -1.50. The molecule has 1 amide bonds. The van der Waals surface area contributed by atoms with Gasteiger partial charge < -0.3 is 10.2 Å². The van der Waals surface area contributed by atoms with Crippen LogP contribution in [-0.4, -0.2) is 29.5 Å². The van der Waals surface area contributed by atoms with Gasteiger partial charge >= 0.3 is 6.18 Å². The Bertz CT molecular complexity index is 766. The van der Waals surface area contributed by atoms with Crippen molar-refractivity contribution >= 4 is 29.0 Å². The summed E-state index contributed by atoms with van der Waals surface area (Å²) in [5.74, 6) is -0.203. The highest BCUT2D eigenvalue weighted by molar-refractivity contribution is 6.30. The van der Waals surface area contributed by atoms with Crippen LogP contribution in [0, 0.1) is 0 Å². The van der Waals surface area contributed by atoms with E-state index in [9.17, 15) is 18.0 Å². The van der Waals surface area contributed by atoms with Crippen LogP contribution in [0.3, 0.4) is 0 Å². The predicted molar refractivity (Wildman–Crippen MR) is 94.6 cm³/mol. The van der Waals surface area contributed by atoms with Crippen LogP contribution in [0.25, 0.3) is 0 Å². The average Bonchev–Trinajstić information content (AvgIpc) is 2.60. The third-order valence-electron chi connectivity index (χ3n) is 3.64. The molecule has 0 fully saturated rings. The van der Waals surface area contributed by atoms with Crippen LogP contribution >= 0.6 is 11.6 Å². The first-order valence-electron chi connectivity index (χ1n) is 7.93. The molecule has 0 spiro atoms. The van der Waals surface area contributed by atoms with Crippen molar-refractivity contribution in [2.75, 3.05) is 23.8 Å². The Labute approximate surface area is 154 Å². The van der Waals surface area contributed by atoms with Gasteiger partial charge in [-0.3, -0.25) is 4.79 Å². The number of carbonyl (C=O) groups excluding carboxylic acids is 1. The predicted octanol–water partition coefficient (Wildman–Crippen LogP) is 4.64. The topological polar surface area (TPSA) is 58.1 Å². The van der Waals surface area contributed by atoms with Crippen molar-refractivity contribution in [3.63, 3.8) is 0 Å². The van der Waals surface area contributed by atoms with Crippen LogP contribution in [0.5, 0.6) is 0 Å². The molecule has 5 nitrogen and oxygen atoms in total. The Morgan fingerprint density at radius 1 is 1.27 bits per heavy atom. The van der Waals surface area contributed by atoms with Gasteiger partial charge in [0.05, 0.1) is 23.6 Å². The standard InChI is InChI=1S/C17H18ClF3N4O/c1-3-4-7-25(2)15-10-22-14(9-23-15)16(26)24-13-6-5-11(18)8-12(13)17(19,20)21/h5-6,8-10H,3-4,7H2,1-2H3,(H,24,26). The van der Waals surface area contributed by atoms with Crippen molar-refractivity contribution in [1.29, 1.82) is 0 Å². The number of nitrogens with zero attached hydrogens (tertiary/aromatic N) is 3. The number of hydrogen-bond donors (Lipinski definition) is 1. The first-order chi connectivity index (χ1) is 12.2. The maximum absolute atomic E-state index is 13.1. The van der Waals surface area contributed by atoms with Crippen molar-refractivity contribution in [1.82, 2.24) is 9.97 Å². The van der Waals surface area contributed by atoms with Gasteiger partial charge in [0.15, 0.2) is 0 Å². The lowest BCUT2D eigenvalue weighted by molar-refractivity contribution is -0.136. The molecule has 26 heavy (non-hydrogen) atoms. The number of benzene rings is 1. The molecule has 1 aromatic carbocycles. The van der Waals surface area contributed by atoms with E-state index in [0.717, 1.165) is 31.5 Å². The number of halogens is 4. The summed E-state index contributed by atoms with van der Waals surface area (Å²) >= 11 is 5.62. The number of nitrogens with one attached hydrogen (secondary N) is 1. The molecule has 1 N–H and O–H groups in total. The number of rotatable bonds is 6. The number of carbonyl (C=O) groups is 1. The van der Waals surface area contributed by atoms with Crippen LogP contribution in [0.2, 0.25) is 5.02 Å². The summed E-state index contributed by atoms with van der Waals surface area (Å²) < 4.78 is 39.2. The molecule has 0 saturated carbocycles. The lowest BCUT2D eigenvalue weighted by atomic mass is 10.1. The number of unbranched alkanes of at least 4 members (excludes halogenated alkanes) is 1. The Morgan fingerprint density at radius 2 is 2.00 bits per heavy atom. The fraction of sp³-hybridized carbons (Fsp3) is 0.353. The van der Waals surface area contributed by atoms with Crippen molar-refractivity contribution in [3.05, 3.63) is 46.9 Å². The van der Waals surface area contributed by atoms with Gasteiger partial charge in [0, 0.05) is 18.6 Å². The molecule has 1 heterocycles. The highest BCUT2D eigenvalue weighted by Gasteiger charge is 2.34. The Balaban J connectivity index is 2.16. The molecule has 2 aromatic rings. The quantitative estimate of drug-likeness (QED) is 0.785. The van der Waals surface area contributed by atoms with Gasteiger partial charge in [0.25, 0.3) is 5.91 Å². The van der Waals surface area contributed by atoms with Crippen LogP contribution in [-0.2, 0) is 6.18 Å². The average molecular weight is 387 g/mol. The smallest absolute Gasteiger partial charge is 0.358 e. The Hall–Kier alpha value is -2.35. The minimum atomic E-state index is -4.65. The molecule has 0 saturated heterocycles. The van der Waals surface area contributed by atoms with E-state index in [0.29, 0.717) is 5.82 Å². The van der Waals surface area contributed by atoms with E-state index >= 15 is 0 Å². The van der Waals surface area contributed by atoms with Crippen molar-refractivity contribution in [3.8, 4) is 0 Å². The molecule has 0 radical (unpaired) electrons. The van der Waals surface area contributed by atoms with Gasteiger partial charge in [-0.15, -0.1) is 0 Å². The monoisotopic (exact) mass is 386 g/mol. The van der Waals surface area contributed by atoms with E-state index in [4.69, 9.17) is 11.6 Å². The van der Waals surface area contributed by atoms with Gasteiger partial charge in [-0.2, -0.15) is 13.2 Å². The number of hydrogen-bond acceptors (Lipinski definition) is 4. The highest BCUT2D eigenvalue weighted by atomic mass is 35.5. The number of alkyl halides is 3. The van der Waals surface area contributed by atoms with E-state index in [2.05, 4.69) is 22.2 Å². The largest absolute Gasteiger partial charge is 0.418 e. The molecule has 0 bridgehead atoms. The SMILES string of the molecule is CCCCN(C)c1cnc(C(=O)Nc2ccc(Cl)cc2C(F)(F)F)cn1. The summed E-state index contributed by atoms with van der Waals surface area (Å²) in [6.45, 7) is 2.86. The first kappa shape index (κ1) is 20.0. The van der Waals surface area contributed by atoms with Crippen molar-refractivity contribution in [2.45, 2.75) is 25.9 Å². The summed E-state index contributed by atoms with van der Waals surface area (Å²) in [4.78, 5) is 22.2. The van der Waals surface area contributed by atoms with E-state index in [1.54, 1.807) is 0 Å². The zero-order chi connectivity index (χ0) is 19.3. The third kappa shape index (κ3) is 5.08. The fourth-order valence-corrected chi connectivity index (χ4v) is 2.36. The molecule has 0 aliphatic heterocycles. The van der Waals surface area contributed by atoms with Crippen LogP contribution < -0.4 is 10.2 Å². The van der Waals surface area contributed by atoms with E-state index in [-0.39, 0.29) is 10.7 Å². The molecule has 0 aliphatic carbocycles. The Kier molecular flexibility index (Phi) is 6.42. The molecule has 2 rings (SSSR count). The molecule has 0 aliphatic rings. The Morgan fingerprint density at radius 3 is 2.58 bits per heavy atom. The molecular formula is C17H18ClF3N4O. The second-order valence-corrected chi connectivity index (χ2v) is 6.11. The van der Waals surface area contributed by atoms with Crippen molar-refractivity contribution < 1.29 is 18.0 Å². The number of anilines is 2. The van der Waals surface area contributed by atoms with Crippen LogP contribution in [0.4, 0.5) is 24.7 Å². The molecule has 1 aromatic heterocycles. The second kappa shape index (κ2) is 8.35. The van der Waals surface area contributed by atoms with E-state index < -0.39 is 23.3 Å². The van der Waals surface area contributed by atoms with Gasteiger partial charge in [-0.25, -0.2) is 9.97 Å². The maximum Gasteiger partial charge on any atom is 0.418 e. The first-order valence-corrected chi connectivity index (χ1v) is 8.31.